The van der Waals surface area contributed by atoms with E-state index in [-0.39, 0.29) is 87.8 Å². The largest absolute Gasteiger partial charge is 0.455 e. The molecule has 4 saturated heterocycles. The molecule has 3 amide bonds. The Bertz CT molecular complexity index is 3330. The van der Waals surface area contributed by atoms with Crippen molar-refractivity contribution >= 4 is 203 Å². The van der Waals surface area contributed by atoms with Gasteiger partial charge in [0.25, 0.3) is 0 Å². The Morgan fingerprint density at radius 2 is 1.37 bits per heavy atom. The maximum atomic E-state index is 14.6. The van der Waals surface area contributed by atoms with Crippen molar-refractivity contribution in [3.8, 4) is 17.1 Å². The Balaban J connectivity index is 0.000000305. The first kappa shape index (κ1) is 66.3. The summed E-state index contributed by atoms with van der Waals surface area (Å²) in [6.07, 6.45) is 1.74. The lowest BCUT2D eigenvalue weighted by atomic mass is 10.0. The van der Waals surface area contributed by atoms with Crippen LogP contribution in [0.3, 0.4) is 0 Å². The number of hydrogen-bond donors (Lipinski definition) is 3. The number of ketones is 1. The highest BCUT2D eigenvalue weighted by atomic mass is 79.9. The second kappa shape index (κ2) is 34.2. The van der Waals surface area contributed by atoms with Crippen molar-refractivity contribution in [2.45, 2.75) is 82.6 Å². The molecule has 4 aliphatic rings. The molecule has 0 saturated carbocycles. The fourth-order valence-electron chi connectivity index (χ4n) is 8.15. The first-order chi connectivity index (χ1) is 37.2. The number of benzene rings is 1. The van der Waals surface area contributed by atoms with E-state index in [0.717, 1.165) is 5.56 Å². The van der Waals surface area contributed by atoms with Crippen LogP contribution in [0.4, 0.5) is 20.4 Å². The lowest BCUT2D eigenvalue weighted by molar-refractivity contribution is -0.137. The first-order valence-corrected chi connectivity index (χ1v) is 38.5. The minimum atomic E-state index is -1.35. The van der Waals surface area contributed by atoms with Gasteiger partial charge in [0.05, 0.1) is 25.8 Å². The van der Waals surface area contributed by atoms with E-state index in [1.807, 2.05) is 12.1 Å². The highest BCUT2D eigenvalue weighted by Gasteiger charge is 2.49. The van der Waals surface area contributed by atoms with Crippen molar-refractivity contribution in [2.24, 2.45) is 0 Å². The molecule has 34 heteroatoms. The standard InChI is InChI=1S/C33H32BrFN6O7.C10H11BrFN3O.CH4.S8.S5/c1-17(42)22-13-40(14-29(43)41-12-20(35)9-24(41)32(44)39-28-5-3-4-27(34)38-28)23-7-6-18(8-21(22)23)19-10-36-33(37-11-19)48-26-16-47-30-25(45-2)15-46-31(26)30;11-8-2-1-3-9(14-8)15-10(16)7-4-6(12)5-13-7;;1-3-5-7-8-6-4-2;1-3-5-4-2/h3-8,10-11,13,20,24-26,30-31H,9,12,14-16H2,1-2H3,(H,38,39,44);1-3,6-7,13H,4-5H2,(H,14,15,16);1H4;;/t20-,24+,25-,26-,30-,31-;6-,7+;;;/m11.../s1. The number of ether oxygens (including phenoxy) is 4. The summed E-state index contributed by atoms with van der Waals surface area (Å²) in [6.45, 7) is 2.07. The molecule has 4 aromatic heterocycles. The normalized spacial score (nSPS) is 21.4. The molecule has 17 nitrogen and oxygen atoms in total. The zero-order valence-electron chi connectivity index (χ0n) is 39.8. The molecular formula is C44H47Br2F2N9O8S13. The van der Waals surface area contributed by atoms with Gasteiger partial charge in [-0.1, -0.05) is 25.6 Å². The minimum Gasteiger partial charge on any atom is -0.455 e. The summed E-state index contributed by atoms with van der Waals surface area (Å²) in [7, 11) is 14.7. The van der Waals surface area contributed by atoms with Gasteiger partial charge < -0.3 is 44.4 Å². The maximum Gasteiger partial charge on any atom is 0.316 e. The van der Waals surface area contributed by atoms with E-state index in [1.165, 1.54) is 56.2 Å². The molecule has 4 aliphatic heterocycles. The second-order valence-electron chi connectivity index (χ2n) is 16.2. The number of methoxy groups -OCH3 is 1. The third kappa shape index (κ3) is 19.6. The second-order valence-corrected chi connectivity index (χ2v) is 33.8. The summed E-state index contributed by atoms with van der Waals surface area (Å²) < 4.78 is 53.3. The van der Waals surface area contributed by atoms with Crippen LogP contribution in [0.1, 0.15) is 37.6 Å². The predicted molar refractivity (Wildman–Crippen MR) is 338 cm³/mol. The molecule has 4 fully saturated rings. The van der Waals surface area contributed by atoms with E-state index in [9.17, 15) is 28.0 Å². The van der Waals surface area contributed by atoms with Crippen LogP contribution in [0.2, 0.25) is 0 Å². The van der Waals surface area contributed by atoms with Gasteiger partial charge in [0.15, 0.2) is 11.9 Å². The number of hydrogen-bond acceptors (Lipinski definition) is 17. The summed E-state index contributed by atoms with van der Waals surface area (Å²) in [5.41, 5.74) is 2.50. The van der Waals surface area contributed by atoms with Gasteiger partial charge >= 0.3 is 6.01 Å². The van der Waals surface area contributed by atoms with Crippen molar-refractivity contribution in [3.05, 3.63) is 88.0 Å². The van der Waals surface area contributed by atoms with Crippen LogP contribution in [0.25, 0.3) is 22.0 Å². The molecule has 78 heavy (non-hydrogen) atoms. The lowest BCUT2D eigenvalue weighted by Gasteiger charge is -2.24. The quantitative estimate of drug-likeness (QED) is 0.108. The minimum absolute atomic E-state index is 0. The molecule has 8 atom stereocenters. The number of likely N-dealkylation sites (tertiary alicyclic amines) is 1. The highest BCUT2D eigenvalue weighted by molar-refractivity contribution is 9.10. The van der Waals surface area contributed by atoms with E-state index in [0.29, 0.717) is 50.3 Å². The average Bonchev–Trinajstić information content (AvgIpc) is 4.30. The molecule has 9 rings (SSSR count). The number of pyridine rings is 2. The Labute approximate surface area is 510 Å². The fourth-order valence-corrected chi connectivity index (χ4v) is 22.6. The number of anilines is 2. The summed E-state index contributed by atoms with van der Waals surface area (Å²) in [4.78, 5) is 69.3. The van der Waals surface area contributed by atoms with Crippen LogP contribution < -0.4 is 20.7 Å². The van der Waals surface area contributed by atoms with Crippen molar-refractivity contribution in [3.63, 3.8) is 0 Å². The summed E-state index contributed by atoms with van der Waals surface area (Å²) >= 11 is 24.6. The van der Waals surface area contributed by atoms with Crippen LogP contribution in [0, 0.1) is 0 Å². The Morgan fingerprint density at radius 1 is 0.782 bits per heavy atom. The van der Waals surface area contributed by atoms with Crippen LogP contribution in [-0.2, 0) is 160 Å². The number of aromatic nitrogens is 5. The number of nitrogens with one attached hydrogen (secondary N) is 3. The molecular weight excluding hydrogens is 1400 g/mol. The Morgan fingerprint density at radius 3 is 1.91 bits per heavy atom. The van der Waals surface area contributed by atoms with Gasteiger partial charge in [0.2, 0.25) is 17.7 Å². The van der Waals surface area contributed by atoms with Crippen molar-refractivity contribution in [1.29, 1.82) is 0 Å². The van der Waals surface area contributed by atoms with Gasteiger partial charge in [-0.3, -0.25) is 19.2 Å². The predicted octanol–water partition coefficient (Wildman–Crippen LogP) is 5.68. The average molecular weight is 1440 g/mol. The number of carbonyl (C=O) groups is 4. The number of halogens is 4. The van der Waals surface area contributed by atoms with Crippen LogP contribution >= 0.6 is 31.9 Å². The van der Waals surface area contributed by atoms with E-state index in [2.05, 4.69) is 112 Å². The number of alkyl halides is 2. The topological polar surface area (TPSA) is 201 Å². The van der Waals surface area contributed by atoms with Crippen molar-refractivity contribution in [1.82, 2.24) is 34.7 Å². The summed E-state index contributed by atoms with van der Waals surface area (Å²) in [6, 6.07) is 14.5. The third-order valence-electron chi connectivity index (χ3n) is 11.4. The molecule has 8 heterocycles. The van der Waals surface area contributed by atoms with Crippen LogP contribution in [0.5, 0.6) is 6.01 Å². The van der Waals surface area contributed by atoms with Gasteiger partial charge in [-0.15, -0.1) is 0 Å². The van der Waals surface area contributed by atoms with Gasteiger partial charge in [0, 0.05) is 192 Å². The monoisotopic (exact) mass is 1440 g/mol. The smallest absolute Gasteiger partial charge is 0.316 e. The molecule has 5 aromatic rings. The number of nitrogens with zero attached hydrogens (tertiary/aromatic N) is 6. The van der Waals surface area contributed by atoms with E-state index < -0.39 is 36.2 Å². The Kier molecular flexibility index (Phi) is 29.1. The third-order valence-corrected chi connectivity index (χ3v) is 27.9. The zero-order chi connectivity index (χ0) is 55.4. The van der Waals surface area contributed by atoms with Gasteiger partial charge in [-0.05, 0) is 80.7 Å². The molecule has 1 aromatic carbocycles. The van der Waals surface area contributed by atoms with E-state index >= 15 is 0 Å². The van der Waals surface area contributed by atoms with Crippen molar-refractivity contribution in [2.75, 3.05) is 44.0 Å². The zero-order valence-corrected chi connectivity index (χ0v) is 53.6. The summed E-state index contributed by atoms with van der Waals surface area (Å²) in [5, 5.41) is 8.76. The molecule has 0 bridgehead atoms. The van der Waals surface area contributed by atoms with Gasteiger partial charge in [-0.25, -0.2) is 28.7 Å². The highest BCUT2D eigenvalue weighted by Crippen LogP contribution is 2.32. The molecule has 0 radical (unpaired) electrons. The molecule has 0 aliphatic carbocycles. The first-order valence-electron chi connectivity index (χ1n) is 22.2. The SMILES string of the molecule is C.CO[C@@H]1CO[C@H]2[C@@H]1OC[C@H]2Oc1ncc(-c2ccc3c(c2)c(C(C)=O)cn3CC(=O)N2C[C@H](F)C[C@H]2C(=O)Nc2cccc(Br)n2)cn1.O=C(Nc1cccc(Br)n1)[C@@H]1C[C@@H](F)CN1.S=S=S=S=S.S=S=S=S=S=S=S=S. The van der Waals surface area contributed by atoms with Gasteiger partial charge in [-0.2, -0.15) is 0 Å². The number of carbonyl (C=O) groups excluding carboxylic acids is 4. The van der Waals surface area contributed by atoms with E-state index in [4.69, 9.17) is 18.9 Å². The van der Waals surface area contributed by atoms with Gasteiger partial charge in [0.1, 0.15) is 64.1 Å². The molecule has 422 valence electrons. The van der Waals surface area contributed by atoms with Crippen LogP contribution in [-0.4, -0.2) is 135 Å². The fraction of sp³-hybridized carbons (Fsp3) is 0.409. The molecule has 0 spiro atoms. The number of fused-ring (bicyclic) bond motifs is 2. The Hall–Kier alpha value is -2.46. The molecule has 0 unspecified atom stereocenters. The maximum absolute atomic E-state index is 14.6. The number of Topliss-reactive ketones (excluding diaryl/α,β-unsaturated/α-hetero) is 1. The van der Waals surface area contributed by atoms with E-state index in [1.54, 1.807) is 108 Å². The lowest BCUT2D eigenvalue weighted by Crippen LogP contribution is -2.44. The number of amides is 3. The number of rotatable bonds is 11. The van der Waals surface area contributed by atoms with Crippen LogP contribution in [0.15, 0.2) is 82.4 Å². The summed E-state index contributed by atoms with van der Waals surface area (Å²) in [5.74, 6) is -0.650. The van der Waals surface area contributed by atoms with Crippen molar-refractivity contribution < 1.29 is 46.9 Å². The molecule has 3 N–H and O–H groups in total.